The molecule has 2 aromatic carbocycles. The van der Waals surface area contributed by atoms with Crippen LogP contribution in [-0.2, 0) is 0 Å². The second-order valence-electron chi connectivity index (χ2n) is 4.89. The van der Waals surface area contributed by atoms with Crippen molar-refractivity contribution in [3.8, 4) is 11.1 Å². The van der Waals surface area contributed by atoms with Gasteiger partial charge in [0.05, 0.1) is 11.4 Å². The number of hydrogen-bond acceptors (Lipinski definition) is 2. The van der Waals surface area contributed by atoms with Crippen molar-refractivity contribution < 1.29 is 0 Å². The lowest BCUT2D eigenvalue weighted by Gasteiger charge is -2.19. The lowest BCUT2D eigenvalue weighted by Crippen LogP contribution is -2.05. The van der Waals surface area contributed by atoms with Crippen molar-refractivity contribution in [3.05, 3.63) is 46.5 Å². The van der Waals surface area contributed by atoms with Gasteiger partial charge in [-0.25, -0.2) is 0 Å². The summed E-state index contributed by atoms with van der Waals surface area (Å²) in [5.41, 5.74) is 20.7. The fourth-order valence-electron chi connectivity index (χ4n) is 2.41. The van der Waals surface area contributed by atoms with E-state index >= 15 is 0 Å². The molecular formula is C16H20N2. The Morgan fingerprint density at radius 1 is 0.722 bits per heavy atom. The highest BCUT2D eigenvalue weighted by Gasteiger charge is 2.15. The molecule has 0 heterocycles. The van der Waals surface area contributed by atoms with E-state index in [-0.39, 0.29) is 0 Å². The van der Waals surface area contributed by atoms with E-state index in [2.05, 4.69) is 32.9 Å². The third-order valence-electron chi connectivity index (χ3n) is 3.88. The predicted molar refractivity (Wildman–Crippen MR) is 79.7 cm³/mol. The third kappa shape index (κ3) is 1.74. The molecule has 94 valence electrons. The average molecular weight is 240 g/mol. The van der Waals surface area contributed by atoms with Crippen LogP contribution in [0.3, 0.4) is 0 Å². The standard InChI is InChI=1S/C16H20N2/c1-9-7-5-6-8-13(9)14-11(3)10(2)12(4)15(17)16(14)18/h5-8H,17-18H2,1-4H3. The van der Waals surface area contributed by atoms with Gasteiger partial charge in [-0.15, -0.1) is 0 Å². The van der Waals surface area contributed by atoms with Gasteiger partial charge in [0.2, 0.25) is 0 Å². The maximum Gasteiger partial charge on any atom is 0.0633 e. The van der Waals surface area contributed by atoms with E-state index in [4.69, 9.17) is 11.5 Å². The minimum absolute atomic E-state index is 0.699. The van der Waals surface area contributed by atoms with Crippen LogP contribution in [0, 0.1) is 27.7 Å². The number of nitrogen functional groups attached to an aromatic ring is 2. The summed E-state index contributed by atoms with van der Waals surface area (Å²) >= 11 is 0. The minimum Gasteiger partial charge on any atom is -0.397 e. The molecule has 2 aromatic rings. The van der Waals surface area contributed by atoms with E-state index in [0.29, 0.717) is 11.4 Å². The zero-order chi connectivity index (χ0) is 13.4. The summed E-state index contributed by atoms with van der Waals surface area (Å²) in [5.74, 6) is 0. The van der Waals surface area contributed by atoms with E-state index in [1.54, 1.807) is 0 Å². The molecule has 0 spiro atoms. The van der Waals surface area contributed by atoms with Crippen molar-refractivity contribution in [2.75, 3.05) is 11.5 Å². The maximum absolute atomic E-state index is 6.23. The van der Waals surface area contributed by atoms with Crippen molar-refractivity contribution in [2.45, 2.75) is 27.7 Å². The van der Waals surface area contributed by atoms with E-state index in [1.807, 2.05) is 19.1 Å². The van der Waals surface area contributed by atoms with Gasteiger partial charge >= 0.3 is 0 Å². The van der Waals surface area contributed by atoms with Crippen LogP contribution in [0.1, 0.15) is 22.3 Å². The first-order valence-electron chi connectivity index (χ1n) is 6.15. The molecule has 0 aliphatic rings. The van der Waals surface area contributed by atoms with Crippen LogP contribution in [0.2, 0.25) is 0 Å². The molecule has 0 amide bonds. The van der Waals surface area contributed by atoms with Crippen molar-refractivity contribution in [3.63, 3.8) is 0 Å². The molecule has 2 nitrogen and oxygen atoms in total. The van der Waals surface area contributed by atoms with Crippen molar-refractivity contribution in [1.82, 2.24) is 0 Å². The Balaban J connectivity index is 2.85. The van der Waals surface area contributed by atoms with Crippen LogP contribution in [0.5, 0.6) is 0 Å². The van der Waals surface area contributed by atoms with Gasteiger partial charge in [0, 0.05) is 5.56 Å². The fraction of sp³-hybridized carbons (Fsp3) is 0.250. The highest BCUT2D eigenvalue weighted by Crippen LogP contribution is 2.39. The van der Waals surface area contributed by atoms with E-state index in [0.717, 1.165) is 11.1 Å². The molecule has 0 unspecified atom stereocenters. The molecule has 0 fully saturated rings. The van der Waals surface area contributed by atoms with E-state index in [1.165, 1.54) is 22.3 Å². The molecule has 0 atom stereocenters. The third-order valence-corrected chi connectivity index (χ3v) is 3.88. The lowest BCUT2D eigenvalue weighted by molar-refractivity contribution is 1.27. The number of rotatable bonds is 1. The number of nitrogens with two attached hydrogens (primary N) is 2. The van der Waals surface area contributed by atoms with E-state index in [9.17, 15) is 0 Å². The predicted octanol–water partition coefficient (Wildman–Crippen LogP) is 3.75. The summed E-state index contributed by atoms with van der Waals surface area (Å²) in [6, 6.07) is 8.27. The summed E-state index contributed by atoms with van der Waals surface area (Å²) in [5, 5.41) is 0. The summed E-state index contributed by atoms with van der Waals surface area (Å²) in [6.07, 6.45) is 0. The normalized spacial score (nSPS) is 10.7. The van der Waals surface area contributed by atoms with Crippen LogP contribution in [-0.4, -0.2) is 0 Å². The molecule has 0 bridgehead atoms. The fourth-order valence-corrected chi connectivity index (χ4v) is 2.41. The number of anilines is 2. The summed E-state index contributed by atoms with van der Waals surface area (Å²) < 4.78 is 0. The summed E-state index contributed by atoms with van der Waals surface area (Å²) in [4.78, 5) is 0. The van der Waals surface area contributed by atoms with Gasteiger partial charge in [0.15, 0.2) is 0 Å². The molecule has 0 saturated carbocycles. The zero-order valence-electron chi connectivity index (χ0n) is 11.5. The number of hydrogen-bond donors (Lipinski definition) is 2. The summed E-state index contributed by atoms with van der Waals surface area (Å²) in [7, 11) is 0. The van der Waals surface area contributed by atoms with Crippen molar-refractivity contribution >= 4 is 11.4 Å². The van der Waals surface area contributed by atoms with Crippen LogP contribution < -0.4 is 11.5 Å². The van der Waals surface area contributed by atoms with Gasteiger partial charge in [-0.2, -0.15) is 0 Å². The van der Waals surface area contributed by atoms with Crippen LogP contribution in [0.15, 0.2) is 24.3 Å². The molecule has 2 heteroatoms. The van der Waals surface area contributed by atoms with E-state index < -0.39 is 0 Å². The smallest absolute Gasteiger partial charge is 0.0633 e. The van der Waals surface area contributed by atoms with Gasteiger partial charge in [-0.3, -0.25) is 0 Å². The maximum atomic E-state index is 6.23. The molecular weight excluding hydrogens is 220 g/mol. The Labute approximate surface area is 109 Å². The highest BCUT2D eigenvalue weighted by molar-refractivity contribution is 5.90. The van der Waals surface area contributed by atoms with Crippen molar-refractivity contribution in [2.24, 2.45) is 0 Å². The zero-order valence-corrected chi connectivity index (χ0v) is 11.5. The second kappa shape index (κ2) is 4.37. The average Bonchev–Trinajstić information content (AvgIpc) is 2.36. The van der Waals surface area contributed by atoms with Crippen LogP contribution >= 0.6 is 0 Å². The topological polar surface area (TPSA) is 52.0 Å². The molecule has 0 radical (unpaired) electrons. The van der Waals surface area contributed by atoms with Gasteiger partial charge < -0.3 is 11.5 Å². The molecule has 4 N–H and O–H groups in total. The number of benzene rings is 2. The molecule has 0 aliphatic carbocycles. The van der Waals surface area contributed by atoms with Crippen LogP contribution in [0.4, 0.5) is 11.4 Å². The molecule has 0 aromatic heterocycles. The first-order chi connectivity index (χ1) is 8.45. The van der Waals surface area contributed by atoms with Crippen LogP contribution in [0.25, 0.3) is 11.1 Å². The Hall–Kier alpha value is -1.96. The SMILES string of the molecule is Cc1ccccc1-c1c(C)c(C)c(C)c(N)c1N. The van der Waals surface area contributed by atoms with Gasteiger partial charge in [-0.1, -0.05) is 24.3 Å². The second-order valence-corrected chi connectivity index (χ2v) is 4.89. The molecule has 0 aliphatic heterocycles. The Morgan fingerprint density at radius 2 is 1.33 bits per heavy atom. The first-order valence-corrected chi connectivity index (χ1v) is 6.15. The van der Waals surface area contributed by atoms with Gasteiger partial charge in [0.1, 0.15) is 0 Å². The molecule has 2 rings (SSSR count). The molecule has 0 saturated heterocycles. The van der Waals surface area contributed by atoms with Crippen molar-refractivity contribution in [1.29, 1.82) is 0 Å². The minimum atomic E-state index is 0.699. The van der Waals surface area contributed by atoms with Gasteiger partial charge in [0.25, 0.3) is 0 Å². The highest BCUT2D eigenvalue weighted by atomic mass is 14.7. The van der Waals surface area contributed by atoms with Gasteiger partial charge in [-0.05, 0) is 55.5 Å². The Morgan fingerprint density at radius 3 is 1.94 bits per heavy atom. The lowest BCUT2D eigenvalue weighted by atomic mass is 9.89. The quantitative estimate of drug-likeness (QED) is 0.746. The number of aryl methyl sites for hydroxylation is 1. The molecule has 18 heavy (non-hydrogen) atoms. The monoisotopic (exact) mass is 240 g/mol. The Bertz CT molecular complexity index is 584. The largest absolute Gasteiger partial charge is 0.397 e. The summed E-state index contributed by atoms with van der Waals surface area (Å²) in [6.45, 7) is 8.33. The first kappa shape index (κ1) is 12.5. The Kier molecular flexibility index (Phi) is 3.04.